The topological polar surface area (TPSA) is 33.1 Å². The molecule has 0 bridgehead atoms. The van der Waals surface area contributed by atoms with Crippen LogP contribution in [0.15, 0.2) is 18.3 Å². The molecule has 0 unspecified atom stereocenters. The van der Waals surface area contributed by atoms with Gasteiger partial charge in [-0.15, -0.1) is 0 Å². The van der Waals surface area contributed by atoms with E-state index >= 15 is 0 Å². The van der Waals surface area contributed by atoms with E-state index < -0.39 is 5.88 Å². The number of aromatic nitrogens is 1. The van der Waals surface area contributed by atoms with E-state index in [1.165, 1.54) is 0 Å². The van der Waals surface area contributed by atoms with E-state index in [0.717, 1.165) is 12.8 Å². The van der Waals surface area contributed by atoms with Gasteiger partial charge in [-0.05, 0) is 24.3 Å². The average molecular weight is 138 g/mol. The summed E-state index contributed by atoms with van der Waals surface area (Å²) in [5.41, 5.74) is 0.516. The molecule has 0 radical (unpaired) electrons. The summed E-state index contributed by atoms with van der Waals surface area (Å²) in [6.45, 7) is 0. The molecule has 0 atom stereocenters. The van der Waals surface area contributed by atoms with Crippen molar-refractivity contribution in [1.29, 1.82) is 0 Å². The smallest absolute Gasteiger partial charge is 0.210 e. The fourth-order valence-corrected chi connectivity index (χ4v) is 0.858. The molecule has 2 rings (SSSR count). The van der Waals surface area contributed by atoms with Crippen LogP contribution in [-0.2, 0) is 0 Å². The molecule has 2 heteroatoms. The zero-order valence-corrected chi connectivity index (χ0v) is 5.39. The molecule has 0 spiro atoms. The van der Waals surface area contributed by atoms with Gasteiger partial charge in [-0.3, -0.25) is 0 Å². The van der Waals surface area contributed by atoms with Crippen molar-refractivity contribution in [3.8, 4) is 5.88 Å². The minimum absolute atomic E-state index is 0.0417. The van der Waals surface area contributed by atoms with E-state index in [2.05, 4.69) is 4.98 Å². The molecule has 52 valence electrons. The Morgan fingerprint density at radius 3 is 3.10 bits per heavy atom. The van der Waals surface area contributed by atoms with E-state index in [0.29, 0.717) is 5.56 Å². The fraction of sp³-hybridized carbons (Fsp3) is 0.375. The minimum Gasteiger partial charge on any atom is -0.493 e. The van der Waals surface area contributed by atoms with Crippen LogP contribution < -0.4 is 0 Å². The molecule has 0 aromatic carbocycles. The number of hydrogen-bond donors (Lipinski definition) is 1. The summed E-state index contributed by atoms with van der Waals surface area (Å²) in [5, 5.41) is 9.07. The molecule has 10 heavy (non-hydrogen) atoms. The highest BCUT2D eigenvalue weighted by atomic mass is 16.3. The Balaban J connectivity index is 2.60. The van der Waals surface area contributed by atoms with Crippen molar-refractivity contribution in [2.75, 3.05) is 0 Å². The van der Waals surface area contributed by atoms with E-state index in [-0.39, 0.29) is 24.2 Å². The fourth-order valence-electron chi connectivity index (χ4n) is 0.858. The second kappa shape index (κ2) is 1.97. The van der Waals surface area contributed by atoms with Gasteiger partial charge in [-0.2, -0.15) is 0 Å². The summed E-state index contributed by atoms with van der Waals surface area (Å²) in [6, 6.07) is -0.307. The van der Waals surface area contributed by atoms with Crippen molar-refractivity contribution < 1.29 is 9.22 Å². The van der Waals surface area contributed by atoms with Crippen LogP contribution in [0.1, 0.15) is 28.4 Å². The van der Waals surface area contributed by atoms with Crippen molar-refractivity contribution in [3.05, 3.63) is 23.8 Å². The molecule has 1 aliphatic rings. The monoisotopic (exact) mass is 138 g/mol. The number of nitrogens with zero attached hydrogens (tertiary/aromatic N) is 1. The molecular formula is C8H9NO. The van der Waals surface area contributed by atoms with Crippen LogP contribution in [0.25, 0.3) is 0 Å². The summed E-state index contributed by atoms with van der Waals surface area (Å²) in [4.78, 5) is 3.51. The second-order valence-electron chi connectivity index (χ2n) is 2.49. The zero-order valence-electron chi connectivity index (χ0n) is 8.39. The number of aromatic hydroxyl groups is 1. The summed E-state index contributed by atoms with van der Waals surface area (Å²) < 4.78 is 22.3. The van der Waals surface area contributed by atoms with E-state index in [9.17, 15) is 0 Å². The lowest BCUT2D eigenvalue weighted by Crippen LogP contribution is -1.79. The van der Waals surface area contributed by atoms with Crippen molar-refractivity contribution >= 4 is 0 Å². The Labute approximate surface area is 63.7 Å². The highest BCUT2D eigenvalue weighted by molar-refractivity contribution is 5.23. The number of pyridine rings is 1. The van der Waals surface area contributed by atoms with E-state index in [1.807, 2.05) is 0 Å². The summed E-state index contributed by atoms with van der Waals surface area (Å²) in [5.74, 6) is -0.295. The molecule has 1 fully saturated rings. The maximum Gasteiger partial charge on any atom is 0.210 e. The molecule has 1 heterocycles. The molecule has 1 N–H and O–H groups in total. The quantitative estimate of drug-likeness (QED) is 0.640. The van der Waals surface area contributed by atoms with Crippen molar-refractivity contribution in [1.82, 2.24) is 4.98 Å². The van der Waals surface area contributed by atoms with Gasteiger partial charge in [0.05, 0.1) is 4.11 Å². The molecule has 0 saturated heterocycles. The van der Waals surface area contributed by atoms with Crippen molar-refractivity contribution in [3.63, 3.8) is 0 Å². The largest absolute Gasteiger partial charge is 0.493 e. The van der Waals surface area contributed by atoms with Crippen LogP contribution in [0.4, 0.5) is 0 Å². The zero-order chi connectivity index (χ0) is 9.59. The predicted molar refractivity (Wildman–Crippen MR) is 37.9 cm³/mol. The van der Waals surface area contributed by atoms with Crippen LogP contribution in [0, 0.1) is 0 Å². The maximum atomic E-state index is 9.07. The Morgan fingerprint density at radius 2 is 2.40 bits per heavy atom. The normalized spacial score (nSPS) is 21.4. The molecular weight excluding hydrogens is 126 g/mol. The van der Waals surface area contributed by atoms with Gasteiger partial charge in [-0.25, -0.2) is 4.98 Å². The third-order valence-electron chi connectivity index (χ3n) is 1.58. The lowest BCUT2D eigenvalue weighted by Gasteiger charge is -1.94. The van der Waals surface area contributed by atoms with Crippen molar-refractivity contribution in [2.24, 2.45) is 0 Å². The molecule has 1 aliphatic carbocycles. The number of hydrogen-bond acceptors (Lipinski definition) is 2. The van der Waals surface area contributed by atoms with Gasteiger partial charge in [0.15, 0.2) is 0 Å². The van der Waals surface area contributed by atoms with Gasteiger partial charge in [0.25, 0.3) is 0 Å². The second-order valence-corrected chi connectivity index (χ2v) is 2.49. The highest BCUT2D eigenvalue weighted by Gasteiger charge is 2.23. The predicted octanol–water partition coefficient (Wildman–Crippen LogP) is 1.66. The SMILES string of the molecule is [2H]c1nc(O)c([2H])c([2H])c1C1CC1. The van der Waals surface area contributed by atoms with Crippen LogP contribution in [0.2, 0.25) is 0 Å². The molecule has 1 aromatic heterocycles. The molecule has 0 aliphatic heterocycles. The maximum absolute atomic E-state index is 9.07. The summed E-state index contributed by atoms with van der Waals surface area (Å²) >= 11 is 0. The summed E-state index contributed by atoms with van der Waals surface area (Å²) in [6.07, 6.45) is 1.87. The molecule has 2 nitrogen and oxygen atoms in total. The Hall–Kier alpha value is -1.05. The number of rotatable bonds is 1. The first-order valence-corrected chi connectivity index (χ1v) is 3.28. The van der Waals surface area contributed by atoms with Crippen molar-refractivity contribution in [2.45, 2.75) is 18.8 Å². The third kappa shape index (κ3) is 0.967. The first kappa shape index (κ1) is 3.37. The van der Waals surface area contributed by atoms with Gasteiger partial charge in [-0.1, -0.05) is 6.04 Å². The van der Waals surface area contributed by atoms with Gasteiger partial charge in [0.1, 0.15) is 0 Å². The molecule has 1 saturated carbocycles. The van der Waals surface area contributed by atoms with E-state index in [1.54, 1.807) is 0 Å². The Bertz CT molecular complexity index is 363. The Morgan fingerprint density at radius 1 is 1.60 bits per heavy atom. The standard InChI is InChI=1S/C8H9NO/c10-8-4-3-7(5-9-8)6-1-2-6/h3-6H,1-2H2,(H,9,10)/i3D,4D,5D. The lowest BCUT2D eigenvalue weighted by molar-refractivity contribution is 0.453. The summed E-state index contributed by atoms with van der Waals surface area (Å²) in [7, 11) is 0. The average Bonchev–Trinajstić information content (AvgIpc) is 2.84. The highest BCUT2D eigenvalue weighted by Crippen LogP contribution is 2.39. The molecule has 1 aromatic rings. The van der Waals surface area contributed by atoms with Crippen LogP contribution >= 0.6 is 0 Å². The van der Waals surface area contributed by atoms with Gasteiger partial charge in [0, 0.05) is 12.2 Å². The Kier molecular flexibility index (Phi) is 0.666. The first-order chi connectivity index (χ1) is 6.11. The van der Waals surface area contributed by atoms with Gasteiger partial charge >= 0.3 is 0 Å². The van der Waals surface area contributed by atoms with Gasteiger partial charge < -0.3 is 5.11 Å². The van der Waals surface area contributed by atoms with E-state index in [4.69, 9.17) is 9.22 Å². The van der Waals surface area contributed by atoms with Gasteiger partial charge in [0.2, 0.25) is 5.88 Å². The van der Waals surface area contributed by atoms with Crippen LogP contribution in [-0.4, -0.2) is 10.1 Å². The third-order valence-corrected chi connectivity index (χ3v) is 1.58. The first-order valence-electron chi connectivity index (χ1n) is 4.78. The van der Waals surface area contributed by atoms with Crippen LogP contribution in [0.5, 0.6) is 5.88 Å². The van der Waals surface area contributed by atoms with Crippen LogP contribution in [0.3, 0.4) is 0 Å². The minimum atomic E-state index is -0.514. The lowest BCUT2D eigenvalue weighted by atomic mass is 10.2. The molecule has 0 amide bonds.